The Morgan fingerprint density at radius 2 is 1.70 bits per heavy atom. The number of Topliss-reactive ketones (excluding diaryl/α,β-unsaturated/α-hetero) is 1. The molecular weight excluding hydrogens is 274 g/mol. The van der Waals surface area contributed by atoms with Crippen molar-refractivity contribution < 1.29 is 9.72 Å². The van der Waals surface area contributed by atoms with Crippen molar-refractivity contribution in [3.63, 3.8) is 0 Å². The van der Waals surface area contributed by atoms with Crippen LogP contribution in [0.2, 0.25) is 0 Å². The van der Waals surface area contributed by atoms with Gasteiger partial charge in [0.15, 0.2) is 5.78 Å². The number of ketones is 1. The van der Waals surface area contributed by atoms with Crippen molar-refractivity contribution in [1.29, 1.82) is 0 Å². The number of hydrogen-bond donors (Lipinski definition) is 0. The molecule has 0 saturated carbocycles. The Kier molecular flexibility index (Phi) is 4.20. The lowest BCUT2D eigenvalue weighted by atomic mass is 10.1. The van der Waals surface area contributed by atoms with Crippen LogP contribution in [0, 0.1) is 17.0 Å². The molecule has 0 unspecified atom stereocenters. The van der Waals surface area contributed by atoms with Gasteiger partial charge in [0.25, 0.3) is 5.69 Å². The van der Waals surface area contributed by atoms with Gasteiger partial charge in [-0.1, -0.05) is 29.5 Å². The average molecular weight is 287 g/mol. The first-order valence-electron chi connectivity index (χ1n) is 6.01. The second kappa shape index (κ2) is 5.88. The van der Waals surface area contributed by atoms with E-state index in [0.717, 1.165) is 15.4 Å². The van der Waals surface area contributed by atoms with Gasteiger partial charge in [-0.3, -0.25) is 14.9 Å². The van der Waals surface area contributed by atoms with Gasteiger partial charge in [0.1, 0.15) is 0 Å². The van der Waals surface area contributed by atoms with Crippen LogP contribution in [0.3, 0.4) is 0 Å². The fourth-order valence-electron chi connectivity index (χ4n) is 1.77. The van der Waals surface area contributed by atoms with E-state index in [4.69, 9.17) is 0 Å². The van der Waals surface area contributed by atoms with Gasteiger partial charge in [0.2, 0.25) is 0 Å². The summed E-state index contributed by atoms with van der Waals surface area (Å²) >= 11 is 1.43. The van der Waals surface area contributed by atoms with Crippen LogP contribution in [0.25, 0.3) is 0 Å². The molecule has 0 radical (unpaired) electrons. The summed E-state index contributed by atoms with van der Waals surface area (Å²) in [5.41, 5.74) is 1.16. The van der Waals surface area contributed by atoms with Crippen molar-refractivity contribution in [2.75, 3.05) is 0 Å². The molecule has 0 aliphatic heterocycles. The van der Waals surface area contributed by atoms with Gasteiger partial charge in [-0.2, -0.15) is 0 Å². The lowest BCUT2D eigenvalue weighted by Crippen LogP contribution is -2.00. The highest BCUT2D eigenvalue weighted by Gasteiger charge is 2.18. The number of aryl methyl sites for hydroxylation is 1. The predicted octanol–water partition coefficient (Wildman–Crippen LogP) is 4.26. The Morgan fingerprint density at radius 3 is 2.25 bits per heavy atom. The van der Waals surface area contributed by atoms with Gasteiger partial charge in [-0.15, -0.1) is 0 Å². The topological polar surface area (TPSA) is 60.2 Å². The van der Waals surface area contributed by atoms with E-state index in [0.29, 0.717) is 0 Å². The first-order valence-corrected chi connectivity index (χ1v) is 6.83. The minimum Gasteiger partial charge on any atom is -0.294 e. The number of nitro groups is 1. The fraction of sp³-hybridized carbons (Fsp3) is 0.133. The summed E-state index contributed by atoms with van der Waals surface area (Å²) in [5.74, 6) is -0.302. The summed E-state index contributed by atoms with van der Waals surface area (Å²) in [4.78, 5) is 23.6. The molecule has 4 nitrogen and oxygen atoms in total. The standard InChI is InChI=1S/C15H13NO3S/c1-10-3-5-12(6-4-10)20-13-7-8-14(11(2)17)15(9-13)16(18)19/h3-9H,1-2H3. The Labute approximate surface area is 121 Å². The summed E-state index contributed by atoms with van der Waals surface area (Å²) in [7, 11) is 0. The van der Waals surface area contributed by atoms with E-state index in [1.807, 2.05) is 31.2 Å². The Bertz CT molecular complexity index is 665. The van der Waals surface area contributed by atoms with E-state index in [1.54, 1.807) is 6.07 Å². The molecule has 2 aromatic carbocycles. The lowest BCUT2D eigenvalue weighted by Gasteiger charge is -2.04. The fourth-order valence-corrected chi connectivity index (χ4v) is 2.62. The zero-order valence-corrected chi connectivity index (χ0v) is 11.9. The number of rotatable bonds is 4. The number of hydrogen-bond acceptors (Lipinski definition) is 4. The van der Waals surface area contributed by atoms with Crippen molar-refractivity contribution >= 4 is 23.2 Å². The van der Waals surface area contributed by atoms with Crippen LogP contribution in [-0.4, -0.2) is 10.7 Å². The zero-order chi connectivity index (χ0) is 14.7. The first-order chi connectivity index (χ1) is 9.47. The zero-order valence-electron chi connectivity index (χ0n) is 11.1. The second-order valence-corrected chi connectivity index (χ2v) is 5.55. The summed E-state index contributed by atoms with van der Waals surface area (Å²) in [6.45, 7) is 3.33. The molecule has 0 saturated heterocycles. The third-order valence-electron chi connectivity index (χ3n) is 2.80. The molecular formula is C15H13NO3S. The summed E-state index contributed by atoms with van der Waals surface area (Å²) < 4.78 is 0. The van der Waals surface area contributed by atoms with Gasteiger partial charge < -0.3 is 0 Å². The molecule has 0 atom stereocenters. The maximum atomic E-state index is 11.4. The van der Waals surface area contributed by atoms with Crippen LogP contribution in [0.1, 0.15) is 22.8 Å². The highest BCUT2D eigenvalue weighted by molar-refractivity contribution is 7.99. The molecule has 0 aromatic heterocycles. The van der Waals surface area contributed by atoms with E-state index < -0.39 is 4.92 Å². The van der Waals surface area contributed by atoms with Gasteiger partial charge in [0.05, 0.1) is 10.5 Å². The number of benzene rings is 2. The van der Waals surface area contributed by atoms with Crippen molar-refractivity contribution in [3.05, 3.63) is 63.7 Å². The molecule has 0 N–H and O–H groups in total. The molecule has 102 valence electrons. The van der Waals surface area contributed by atoms with Crippen LogP contribution in [0.4, 0.5) is 5.69 Å². The van der Waals surface area contributed by atoms with E-state index in [1.165, 1.54) is 30.8 Å². The molecule has 0 aliphatic rings. The van der Waals surface area contributed by atoms with Crippen LogP contribution in [0.5, 0.6) is 0 Å². The van der Waals surface area contributed by atoms with Crippen molar-refractivity contribution in [2.24, 2.45) is 0 Å². The van der Waals surface area contributed by atoms with E-state index in [2.05, 4.69) is 0 Å². The molecule has 0 spiro atoms. The van der Waals surface area contributed by atoms with Gasteiger partial charge >= 0.3 is 0 Å². The van der Waals surface area contributed by atoms with E-state index in [9.17, 15) is 14.9 Å². The summed E-state index contributed by atoms with van der Waals surface area (Å²) in [6, 6.07) is 12.6. The highest BCUT2D eigenvalue weighted by Crippen LogP contribution is 2.32. The van der Waals surface area contributed by atoms with Crippen LogP contribution in [-0.2, 0) is 0 Å². The number of carbonyl (C=O) groups excluding carboxylic acids is 1. The smallest absolute Gasteiger partial charge is 0.281 e. The van der Waals surface area contributed by atoms with Crippen molar-refractivity contribution in [1.82, 2.24) is 0 Å². The molecule has 0 bridgehead atoms. The Morgan fingerprint density at radius 1 is 1.10 bits per heavy atom. The molecule has 5 heteroatoms. The van der Waals surface area contributed by atoms with Crippen molar-refractivity contribution in [2.45, 2.75) is 23.6 Å². The van der Waals surface area contributed by atoms with Crippen molar-refractivity contribution in [3.8, 4) is 0 Å². The number of nitrogens with zero attached hydrogens (tertiary/aromatic N) is 1. The first kappa shape index (κ1) is 14.3. The molecule has 0 amide bonds. The highest BCUT2D eigenvalue weighted by atomic mass is 32.2. The monoisotopic (exact) mass is 287 g/mol. The Balaban J connectivity index is 2.34. The van der Waals surface area contributed by atoms with Crippen LogP contribution < -0.4 is 0 Å². The van der Waals surface area contributed by atoms with Crippen LogP contribution >= 0.6 is 11.8 Å². The molecule has 0 heterocycles. The molecule has 0 fully saturated rings. The average Bonchev–Trinajstić information content (AvgIpc) is 2.41. The SMILES string of the molecule is CC(=O)c1ccc(Sc2ccc(C)cc2)cc1[N+](=O)[O-]. The minimum atomic E-state index is -0.518. The minimum absolute atomic E-state index is 0.142. The molecule has 2 aromatic rings. The van der Waals surface area contributed by atoms with E-state index in [-0.39, 0.29) is 17.0 Å². The third kappa shape index (κ3) is 3.24. The number of nitro benzene ring substituents is 1. The Hall–Kier alpha value is -2.14. The maximum absolute atomic E-state index is 11.4. The molecule has 2 rings (SSSR count). The van der Waals surface area contributed by atoms with Gasteiger partial charge in [-0.05, 0) is 38.1 Å². The summed E-state index contributed by atoms with van der Waals surface area (Å²) in [5, 5.41) is 11.0. The predicted molar refractivity (Wildman–Crippen MR) is 78.4 cm³/mol. The molecule has 0 aliphatic carbocycles. The largest absolute Gasteiger partial charge is 0.294 e. The maximum Gasteiger partial charge on any atom is 0.281 e. The lowest BCUT2D eigenvalue weighted by molar-refractivity contribution is -0.385. The second-order valence-electron chi connectivity index (χ2n) is 4.41. The number of carbonyl (C=O) groups is 1. The van der Waals surface area contributed by atoms with Gasteiger partial charge in [0, 0.05) is 15.9 Å². The molecule has 20 heavy (non-hydrogen) atoms. The van der Waals surface area contributed by atoms with E-state index >= 15 is 0 Å². The van der Waals surface area contributed by atoms with Crippen LogP contribution in [0.15, 0.2) is 52.3 Å². The summed E-state index contributed by atoms with van der Waals surface area (Å²) in [6.07, 6.45) is 0. The normalized spacial score (nSPS) is 10.3. The third-order valence-corrected chi connectivity index (χ3v) is 3.80. The quantitative estimate of drug-likeness (QED) is 0.479. The van der Waals surface area contributed by atoms with Gasteiger partial charge in [-0.25, -0.2) is 0 Å².